The molecular weight excluding hydrogens is 420 g/mol. The molecule has 182 valence electrons. The first-order valence-corrected chi connectivity index (χ1v) is 12.7. The zero-order valence-corrected chi connectivity index (χ0v) is 20.3. The standard InChI is InChI=1S/C27H39F2N3O/c1-19(2)31-15-17-32(18-16-31)24-5-4-14-27(28,29)25(24)30-26(33)23-12-10-22(11-13-23)21-8-6-20(3)7-9-21/h6-9,12,19,22,24-25H,4-5,10-11,13-18H2,1-3H3,(H,30,33)/t22?,24?,25-/m1/s1. The van der Waals surface area contributed by atoms with Gasteiger partial charge in [-0.05, 0) is 64.4 Å². The quantitative estimate of drug-likeness (QED) is 0.681. The monoisotopic (exact) mass is 459 g/mol. The molecule has 1 amide bonds. The lowest BCUT2D eigenvalue weighted by molar-refractivity contribution is -0.131. The minimum absolute atomic E-state index is 0.144. The molecule has 6 heteroatoms. The highest BCUT2D eigenvalue weighted by Gasteiger charge is 2.50. The van der Waals surface area contributed by atoms with E-state index in [0.29, 0.717) is 30.4 Å². The second-order valence-corrected chi connectivity index (χ2v) is 10.4. The second kappa shape index (κ2) is 10.2. The molecule has 0 bridgehead atoms. The third-order valence-corrected chi connectivity index (χ3v) is 7.94. The van der Waals surface area contributed by atoms with Gasteiger partial charge in [-0.25, -0.2) is 8.78 Å². The number of alkyl halides is 2. The van der Waals surface area contributed by atoms with E-state index in [2.05, 4.69) is 60.2 Å². The van der Waals surface area contributed by atoms with Crippen molar-refractivity contribution < 1.29 is 13.6 Å². The van der Waals surface area contributed by atoms with Gasteiger partial charge >= 0.3 is 0 Å². The first-order chi connectivity index (χ1) is 15.7. The largest absolute Gasteiger partial charge is 0.342 e. The maximum absolute atomic E-state index is 15.1. The number of nitrogens with one attached hydrogen (secondary N) is 1. The molecule has 1 saturated carbocycles. The Morgan fingerprint density at radius 3 is 2.39 bits per heavy atom. The van der Waals surface area contributed by atoms with Crippen molar-refractivity contribution in [2.24, 2.45) is 0 Å². The van der Waals surface area contributed by atoms with Crippen LogP contribution in [0.4, 0.5) is 8.78 Å². The summed E-state index contributed by atoms with van der Waals surface area (Å²) in [5, 5.41) is 2.81. The van der Waals surface area contributed by atoms with E-state index in [1.54, 1.807) is 0 Å². The van der Waals surface area contributed by atoms with Gasteiger partial charge in [-0.1, -0.05) is 35.9 Å². The number of halogens is 2. The Balaban J connectivity index is 1.40. The SMILES string of the molecule is Cc1ccc(C2CC=C(C(=O)N[C@@H]3C(N4CCN(C(C)C)CC4)CCCC3(F)F)CC2)cc1. The van der Waals surface area contributed by atoms with Crippen LogP contribution < -0.4 is 5.32 Å². The number of hydrogen-bond donors (Lipinski definition) is 1. The minimum Gasteiger partial charge on any atom is -0.342 e. The minimum atomic E-state index is -2.87. The fraction of sp³-hybridized carbons (Fsp3) is 0.667. The second-order valence-electron chi connectivity index (χ2n) is 10.4. The van der Waals surface area contributed by atoms with Crippen molar-refractivity contribution in [1.82, 2.24) is 15.1 Å². The van der Waals surface area contributed by atoms with E-state index in [9.17, 15) is 4.79 Å². The Hall–Kier alpha value is -1.79. The van der Waals surface area contributed by atoms with E-state index < -0.39 is 12.0 Å². The molecular formula is C27H39F2N3O. The zero-order chi connectivity index (χ0) is 23.6. The van der Waals surface area contributed by atoms with Gasteiger partial charge in [0.1, 0.15) is 6.04 Å². The number of amides is 1. The predicted octanol–water partition coefficient (Wildman–Crippen LogP) is 4.89. The summed E-state index contributed by atoms with van der Waals surface area (Å²) in [7, 11) is 0. The number of benzene rings is 1. The average molecular weight is 460 g/mol. The molecule has 1 aromatic carbocycles. The molecule has 2 aliphatic carbocycles. The lowest BCUT2D eigenvalue weighted by Gasteiger charge is -2.47. The van der Waals surface area contributed by atoms with Crippen LogP contribution in [0.2, 0.25) is 0 Å². The Morgan fingerprint density at radius 1 is 1.09 bits per heavy atom. The van der Waals surface area contributed by atoms with Crippen LogP contribution in [-0.4, -0.2) is 65.9 Å². The Bertz CT molecular complexity index is 843. The first-order valence-electron chi connectivity index (χ1n) is 12.7. The summed E-state index contributed by atoms with van der Waals surface area (Å²) in [5.74, 6) is -2.77. The van der Waals surface area contributed by atoms with Crippen LogP contribution in [0.1, 0.15) is 69.4 Å². The summed E-state index contributed by atoms with van der Waals surface area (Å²) in [4.78, 5) is 17.7. The van der Waals surface area contributed by atoms with Gasteiger partial charge in [-0.15, -0.1) is 0 Å². The van der Waals surface area contributed by atoms with Crippen LogP contribution >= 0.6 is 0 Å². The molecule has 1 aromatic rings. The van der Waals surface area contributed by atoms with Crippen molar-refractivity contribution in [3.63, 3.8) is 0 Å². The lowest BCUT2D eigenvalue weighted by Crippen LogP contribution is -2.64. The Kier molecular flexibility index (Phi) is 7.54. The fourth-order valence-electron chi connectivity index (χ4n) is 5.75. The summed E-state index contributed by atoms with van der Waals surface area (Å²) in [6.45, 7) is 9.78. The third kappa shape index (κ3) is 5.65. The highest BCUT2D eigenvalue weighted by atomic mass is 19.3. The molecule has 2 unspecified atom stereocenters. The van der Waals surface area contributed by atoms with E-state index in [1.807, 2.05) is 6.08 Å². The normalized spacial score (nSPS) is 29.0. The zero-order valence-electron chi connectivity index (χ0n) is 20.3. The van der Waals surface area contributed by atoms with Gasteiger partial charge in [0, 0.05) is 50.3 Å². The number of rotatable bonds is 5. The van der Waals surface area contributed by atoms with Crippen molar-refractivity contribution in [3.8, 4) is 0 Å². The van der Waals surface area contributed by atoms with E-state index in [4.69, 9.17) is 0 Å². The summed E-state index contributed by atoms with van der Waals surface area (Å²) in [6, 6.07) is 7.62. The molecule has 1 aliphatic heterocycles. The van der Waals surface area contributed by atoms with Gasteiger partial charge in [-0.3, -0.25) is 14.6 Å². The van der Waals surface area contributed by atoms with Crippen LogP contribution in [0.3, 0.4) is 0 Å². The third-order valence-electron chi connectivity index (χ3n) is 7.94. The molecule has 2 fully saturated rings. The Labute approximate surface area is 197 Å². The Morgan fingerprint density at radius 2 is 1.79 bits per heavy atom. The van der Waals surface area contributed by atoms with Crippen molar-refractivity contribution in [2.75, 3.05) is 26.2 Å². The number of allylic oxidation sites excluding steroid dienone is 1. The predicted molar refractivity (Wildman–Crippen MR) is 129 cm³/mol. The maximum Gasteiger partial charge on any atom is 0.269 e. The van der Waals surface area contributed by atoms with Crippen molar-refractivity contribution in [1.29, 1.82) is 0 Å². The summed E-state index contributed by atoms with van der Waals surface area (Å²) in [6.07, 6.45) is 5.36. The molecule has 0 radical (unpaired) electrons. The molecule has 0 spiro atoms. The molecule has 0 aromatic heterocycles. The summed E-state index contributed by atoms with van der Waals surface area (Å²) >= 11 is 0. The summed E-state index contributed by atoms with van der Waals surface area (Å²) < 4.78 is 30.1. The van der Waals surface area contributed by atoms with Crippen LogP contribution in [0.25, 0.3) is 0 Å². The number of hydrogen-bond acceptors (Lipinski definition) is 3. The fourth-order valence-corrected chi connectivity index (χ4v) is 5.75. The highest BCUT2D eigenvalue weighted by molar-refractivity contribution is 5.93. The topological polar surface area (TPSA) is 35.6 Å². The maximum atomic E-state index is 15.1. The van der Waals surface area contributed by atoms with Crippen molar-refractivity contribution in [3.05, 3.63) is 47.0 Å². The number of carbonyl (C=O) groups is 1. The number of piperazine rings is 1. The van der Waals surface area contributed by atoms with Crippen LogP contribution in [-0.2, 0) is 4.79 Å². The van der Waals surface area contributed by atoms with Crippen molar-refractivity contribution in [2.45, 2.75) is 89.3 Å². The average Bonchev–Trinajstić information content (AvgIpc) is 2.81. The van der Waals surface area contributed by atoms with E-state index in [1.165, 1.54) is 11.1 Å². The van der Waals surface area contributed by atoms with Gasteiger partial charge in [0.05, 0.1) is 0 Å². The van der Waals surface area contributed by atoms with Crippen LogP contribution in [0.5, 0.6) is 0 Å². The van der Waals surface area contributed by atoms with Crippen molar-refractivity contribution >= 4 is 5.91 Å². The molecule has 1 N–H and O–H groups in total. The van der Waals surface area contributed by atoms with E-state index in [0.717, 1.165) is 45.4 Å². The van der Waals surface area contributed by atoms with E-state index >= 15 is 8.78 Å². The van der Waals surface area contributed by atoms with Crippen LogP contribution in [0, 0.1) is 6.92 Å². The van der Waals surface area contributed by atoms with Gasteiger partial charge in [0.2, 0.25) is 5.91 Å². The van der Waals surface area contributed by atoms with Gasteiger partial charge in [0.15, 0.2) is 0 Å². The molecule has 4 nitrogen and oxygen atoms in total. The number of aryl methyl sites for hydroxylation is 1. The smallest absolute Gasteiger partial charge is 0.269 e. The highest BCUT2D eigenvalue weighted by Crippen LogP contribution is 2.37. The van der Waals surface area contributed by atoms with Gasteiger partial charge < -0.3 is 5.32 Å². The van der Waals surface area contributed by atoms with E-state index in [-0.39, 0.29) is 18.4 Å². The number of carbonyl (C=O) groups excluding carboxylic acids is 1. The molecule has 1 saturated heterocycles. The van der Waals surface area contributed by atoms with Crippen LogP contribution in [0.15, 0.2) is 35.9 Å². The lowest BCUT2D eigenvalue weighted by atomic mass is 9.83. The van der Waals surface area contributed by atoms with Gasteiger partial charge in [-0.2, -0.15) is 0 Å². The molecule has 3 aliphatic rings. The van der Waals surface area contributed by atoms with Gasteiger partial charge in [0.25, 0.3) is 5.92 Å². The molecule has 4 rings (SSSR count). The molecule has 33 heavy (non-hydrogen) atoms. The summed E-state index contributed by atoms with van der Waals surface area (Å²) in [5.41, 5.74) is 3.19. The first kappa shape index (κ1) is 24.3. The number of nitrogens with zero attached hydrogens (tertiary/aromatic N) is 2. The molecule has 1 heterocycles. The molecule has 3 atom stereocenters.